The third-order valence-electron chi connectivity index (χ3n) is 2.82. The second-order valence-electron chi connectivity index (χ2n) is 4.07. The van der Waals surface area contributed by atoms with E-state index in [0.29, 0.717) is 12.8 Å². The van der Waals surface area contributed by atoms with Crippen LogP contribution in [0.1, 0.15) is 24.0 Å². The van der Waals surface area contributed by atoms with Crippen LogP contribution in [0.5, 0.6) is 5.75 Å². The molecule has 0 atom stereocenters. The number of ketones is 1. The van der Waals surface area contributed by atoms with Crippen molar-refractivity contribution in [3.8, 4) is 5.75 Å². The van der Waals surface area contributed by atoms with Crippen LogP contribution >= 0.6 is 0 Å². The highest BCUT2D eigenvalue weighted by Gasteiger charge is 2.12. The number of benzene rings is 1. The zero-order valence-electron chi connectivity index (χ0n) is 9.37. The molecule has 16 heavy (non-hydrogen) atoms. The van der Waals surface area contributed by atoms with Crippen LogP contribution in [0.3, 0.4) is 0 Å². The number of fused-ring (bicyclic) bond motifs is 1. The van der Waals surface area contributed by atoms with Gasteiger partial charge in [0, 0.05) is 19.3 Å². The summed E-state index contributed by atoms with van der Waals surface area (Å²) in [4.78, 5) is 11.4. The first kappa shape index (κ1) is 10.9. The molecule has 2 rings (SSSR count). The van der Waals surface area contributed by atoms with Gasteiger partial charge in [-0.3, -0.25) is 4.79 Å². The molecule has 0 fully saturated rings. The Morgan fingerprint density at radius 2 is 2.38 bits per heavy atom. The van der Waals surface area contributed by atoms with Crippen LogP contribution < -0.4 is 4.74 Å². The predicted octanol–water partition coefficient (Wildman–Crippen LogP) is 2.70. The van der Waals surface area contributed by atoms with Crippen LogP contribution in [0.25, 0.3) is 0 Å². The first-order valence-electron chi connectivity index (χ1n) is 5.67. The Bertz CT molecular complexity index is 407. The Labute approximate surface area is 95.9 Å². The summed E-state index contributed by atoms with van der Waals surface area (Å²) in [6.07, 6.45) is 4.56. The van der Waals surface area contributed by atoms with Gasteiger partial charge in [-0.25, -0.2) is 0 Å². The molecule has 0 radical (unpaired) electrons. The van der Waals surface area contributed by atoms with E-state index in [1.807, 2.05) is 12.1 Å². The molecular weight excluding hydrogens is 200 g/mol. The summed E-state index contributed by atoms with van der Waals surface area (Å²) in [6.45, 7) is 4.35. The molecule has 0 aliphatic carbocycles. The van der Waals surface area contributed by atoms with Crippen molar-refractivity contribution in [2.75, 3.05) is 6.61 Å². The highest BCUT2D eigenvalue weighted by molar-refractivity contribution is 5.79. The lowest BCUT2D eigenvalue weighted by molar-refractivity contribution is -0.118. The zero-order chi connectivity index (χ0) is 11.4. The Morgan fingerprint density at radius 1 is 1.50 bits per heavy atom. The summed E-state index contributed by atoms with van der Waals surface area (Å²) in [6, 6.07) is 6.21. The maximum atomic E-state index is 11.4. The van der Waals surface area contributed by atoms with E-state index >= 15 is 0 Å². The van der Waals surface area contributed by atoms with Gasteiger partial charge in [-0.05, 0) is 23.6 Å². The fourth-order valence-electron chi connectivity index (χ4n) is 1.94. The van der Waals surface area contributed by atoms with Crippen molar-refractivity contribution in [3.05, 3.63) is 42.0 Å². The van der Waals surface area contributed by atoms with Crippen LogP contribution in [0, 0.1) is 0 Å². The van der Waals surface area contributed by atoms with Gasteiger partial charge >= 0.3 is 0 Å². The minimum absolute atomic E-state index is 0.256. The van der Waals surface area contributed by atoms with Crippen molar-refractivity contribution in [2.24, 2.45) is 0 Å². The summed E-state index contributed by atoms with van der Waals surface area (Å²) in [5.74, 6) is 1.26. The molecule has 84 valence electrons. The number of ether oxygens (including phenoxy) is 1. The normalized spacial score (nSPS) is 13.0. The Balaban J connectivity index is 1.95. The lowest BCUT2D eigenvalue weighted by Gasteiger charge is -2.03. The molecule has 2 nitrogen and oxygen atoms in total. The van der Waals surface area contributed by atoms with Crippen molar-refractivity contribution in [1.82, 2.24) is 0 Å². The van der Waals surface area contributed by atoms with Gasteiger partial charge in [-0.15, -0.1) is 6.58 Å². The van der Waals surface area contributed by atoms with Crippen LogP contribution in [-0.4, -0.2) is 12.4 Å². The van der Waals surface area contributed by atoms with Gasteiger partial charge in [0.2, 0.25) is 0 Å². The standard InChI is InChI=1S/C14H16O2/c1-2-3-13(15)6-4-11-5-7-14-12(10-11)8-9-16-14/h2,5,7,10H,1,3-4,6,8-9H2. The van der Waals surface area contributed by atoms with Crippen molar-refractivity contribution in [3.63, 3.8) is 0 Å². The van der Waals surface area contributed by atoms with Crippen LogP contribution in [0.4, 0.5) is 0 Å². The van der Waals surface area contributed by atoms with Gasteiger partial charge in [-0.1, -0.05) is 18.2 Å². The third-order valence-corrected chi connectivity index (χ3v) is 2.82. The molecule has 1 aromatic rings. The second-order valence-corrected chi connectivity index (χ2v) is 4.07. The summed E-state index contributed by atoms with van der Waals surface area (Å²) >= 11 is 0. The number of rotatable bonds is 5. The van der Waals surface area contributed by atoms with E-state index in [4.69, 9.17) is 4.74 Å². The number of allylic oxidation sites excluding steroid dienone is 1. The lowest BCUT2D eigenvalue weighted by atomic mass is 10.0. The monoisotopic (exact) mass is 216 g/mol. The third kappa shape index (κ3) is 2.51. The molecule has 0 aromatic heterocycles. The first-order valence-corrected chi connectivity index (χ1v) is 5.67. The van der Waals surface area contributed by atoms with E-state index in [9.17, 15) is 4.79 Å². The molecule has 0 N–H and O–H groups in total. The zero-order valence-corrected chi connectivity index (χ0v) is 9.37. The molecule has 0 bridgehead atoms. The fraction of sp³-hybridized carbons (Fsp3) is 0.357. The molecular formula is C14H16O2. The largest absolute Gasteiger partial charge is 0.493 e. The average molecular weight is 216 g/mol. The number of carbonyl (C=O) groups excluding carboxylic acids is 1. The topological polar surface area (TPSA) is 26.3 Å². The van der Waals surface area contributed by atoms with Gasteiger partial charge in [0.15, 0.2) is 0 Å². The van der Waals surface area contributed by atoms with E-state index in [-0.39, 0.29) is 5.78 Å². The summed E-state index contributed by atoms with van der Waals surface area (Å²) in [7, 11) is 0. The van der Waals surface area contributed by atoms with Crippen molar-refractivity contribution >= 4 is 5.78 Å². The fourth-order valence-corrected chi connectivity index (χ4v) is 1.94. The van der Waals surface area contributed by atoms with E-state index in [1.165, 1.54) is 11.1 Å². The highest BCUT2D eigenvalue weighted by atomic mass is 16.5. The van der Waals surface area contributed by atoms with E-state index in [2.05, 4.69) is 12.6 Å². The molecule has 0 amide bonds. The van der Waals surface area contributed by atoms with Crippen LogP contribution in [0.15, 0.2) is 30.9 Å². The molecule has 1 aliphatic rings. The highest BCUT2D eigenvalue weighted by Crippen LogP contribution is 2.26. The van der Waals surface area contributed by atoms with Crippen molar-refractivity contribution in [1.29, 1.82) is 0 Å². The molecule has 1 aromatic carbocycles. The summed E-state index contributed by atoms with van der Waals surface area (Å²) in [5.41, 5.74) is 2.50. The van der Waals surface area contributed by atoms with Gasteiger partial charge in [0.25, 0.3) is 0 Å². The Hall–Kier alpha value is -1.57. The first-order chi connectivity index (χ1) is 7.79. The quantitative estimate of drug-likeness (QED) is 0.707. The van der Waals surface area contributed by atoms with Crippen LogP contribution in [-0.2, 0) is 17.6 Å². The Kier molecular flexibility index (Phi) is 3.40. The second kappa shape index (κ2) is 4.97. The number of carbonyl (C=O) groups is 1. The van der Waals surface area contributed by atoms with E-state index in [0.717, 1.165) is 25.2 Å². The SMILES string of the molecule is C=CCC(=O)CCc1ccc2c(c1)CCO2. The summed E-state index contributed by atoms with van der Waals surface area (Å²) in [5, 5.41) is 0. The lowest BCUT2D eigenvalue weighted by Crippen LogP contribution is -1.98. The van der Waals surface area contributed by atoms with Crippen molar-refractivity contribution < 1.29 is 9.53 Å². The smallest absolute Gasteiger partial charge is 0.136 e. The summed E-state index contributed by atoms with van der Waals surface area (Å²) < 4.78 is 5.44. The van der Waals surface area contributed by atoms with Gasteiger partial charge in [-0.2, -0.15) is 0 Å². The Morgan fingerprint density at radius 3 is 3.19 bits per heavy atom. The van der Waals surface area contributed by atoms with Gasteiger partial charge in [0.05, 0.1) is 6.61 Å². The minimum Gasteiger partial charge on any atom is -0.493 e. The van der Waals surface area contributed by atoms with Crippen molar-refractivity contribution in [2.45, 2.75) is 25.7 Å². The number of aryl methyl sites for hydroxylation is 1. The van der Waals surface area contributed by atoms with Gasteiger partial charge in [0.1, 0.15) is 11.5 Å². The van der Waals surface area contributed by atoms with Gasteiger partial charge < -0.3 is 4.74 Å². The number of hydrogen-bond donors (Lipinski definition) is 0. The van der Waals surface area contributed by atoms with E-state index < -0.39 is 0 Å². The molecule has 0 saturated carbocycles. The predicted molar refractivity (Wildman–Crippen MR) is 63.8 cm³/mol. The molecule has 1 aliphatic heterocycles. The molecule has 1 heterocycles. The number of Topliss-reactive ketones (excluding diaryl/α,β-unsaturated/α-hetero) is 1. The molecule has 0 saturated heterocycles. The number of hydrogen-bond acceptors (Lipinski definition) is 2. The molecule has 2 heteroatoms. The molecule has 0 unspecified atom stereocenters. The molecule has 0 spiro atoms. The maximum absolute atomic E-state index is 11.4. The van der Waals surface area contributed by atoms with Crippen LogP contribution in [0.2, 0.25) is 0 Å². The van der Waals surface area contributed by atoms with E-state index in [1.54, 1.807) is 6.08 Å². The maximum Gasteiger partial charge on any atom is 0.136 e. The minimum atomic E-state index is 0.256. The average Bonchev–Trinajstić information content (AvgIpc) is 2.74.